The van der Waals surface area contributed by atoms with E-state index in [0.29, 0.717) is 43.8 Å². The summed E-state index contributed by atoms with van der Waals surface area (Å²) in [6.07, 6.45) is -11.4. The Kier molecular flexibility index (Phi) is 7.05. The highest BCUT2D eigenvalue weighted by Crippen LogP contribution is 2.51. The maximum absolute atomic E-state index is 13.2. The highest BCUT2D eigenvalue weighted by Gasteiger charge is 2.57. The fourth-order valence-corrected chi connectivity index (χ4v) is 5.63. The van der Waals surface area contributed by atoms with Crippen molar-refractivity contribution in [1.82, 2.24) is 25.1 Å². The van der Waals surface area contributed by atoms with Crippen molar-refractivity contribution in [3.05, 3.63) is 40.7 Å². The van der Waals surface area contributed by atoms with Crippen LogP contribution in [0.3, 0.4) is 0 Å². The Morgan fingerprint density at radius 3 is 2.25 bits per heavy atom. The number of hydrogen-bond acceptors (Lipinski definition) is 5. The van der Waals surface area contributed by atoms with Crippen LogP contribution < -0.4 is 0 Å². The number of benzene rings is 1. The van der Waals surface area contributed by atoms with Gasteiger partial charge in [-0.25, -0.2) is 8.78 Å². The zero-order valence-electron chi connectivity index (χ0n) is 19.5. The summed E-state index contributed by atoms with van der Waals surface area (Å²) in [5, 5.41) is 11.8. The van der Waals surface area contributed by atoms with E-state index in [1.807, 2.05) is 13.8 Å². The first-order valence-electron chi connectivity index (χ1n) is 11.4. The van der Waals surface area contributed by atoms with Crippen LogP contribution >= 0.6 is 0 Å². The SMILES string of the molecule is CCN1C2CCC(OCc3cc(C(F)(F)F)cc(C(F)(F)F)c3)C1(C)CC2c1nnn(CC(F)F)n1. The Hall–Kier alpha value is -2.35. The van der Waals surface area contributed by atoms with E-state index in [2.05, 4.69) is 20.3 Å². The van der Waals surface area contributed by atoms with Crippen LogP contribution in [0.1, 0.15) is 61.5 Å². The Balaban J connectivity index is 1.54. The molecular weight excluding hydrogens is 502 g/mol. The molecule has 14 heteroatoms. The van der Waals surface area contributed by atoms with Gasteiger partial charge in [0, 0.05) is 17.5 Å². The van der Waals surface area contributed by atoms with Crippen molar-refractivity contribution in [3.8, 4) is 0 Å². The van der Waals surface area contributed by atoms with Crippen LogP contribution in [0.15, 0.2) is 18.2 Å². The molecule has 0 spiro atoms. The summed E-state index contributed by atoms with van der Waals surface area (Å²) >= 11 is 0. The molecule has 2 aromatic rings. The van der Waals surface area contributed by atoms with Crippen molar-refractivity contribution in [2.75, 3.05) is 6.54 Å². The molecule has 0 N–H and O–H groups in total. The number of tetrazole rings is 1. The van der Waals surface area contributed by atoms with E-state index in [0.717, 1.165) is 4.80 Å². The molecule has 36 heavy (non-hydrogen) atoms. The predicted molar refractivity (Wildman–Crippen MR) is 110 cm³/mol. The van der Waals surface area contributed by atoms with Crippen molar-refractivity contribution in [1.29, 1.82) is 0 Å². The summed E-state index contributed by atoms with van der Waals surface area (Å²) < 4.78 is 111. The van der Waals surface area contributed by atoms with Crippen LogP contribution in [0.5, 0.6) is 0 Å². The highest BCUT2D eigenvalue weighted by molar-refractivity contribution is 5.33. The Labute approximate surface area is 201 Å². The molecule has 1 aromatic heterocycles. The van der Waals surface area contributed by atoms with E-state index >= 15 is 0 Å². The van der Waals surface area contributed by atoms with Crippen molar-refractivity contribution < 1.29 is 39.9 Å². The summed E-state index contributed by atoms with van der Waals surface area (Å²) in [5.74, 6) is 0.108. The lowest BCUT2D eigenvalue weighted by Crippen LogP contribution is -2.57. The molecule has 1 aromatic carbocycles. The van der Waals surface area contributed by atoms with Crippen LogP contribution in [-0.2, 0) is 30.2 Å². The third kappa shape index (κ3) is 5.20. The first-order chi connectivity index (χ1) is 16.7. The second kappa shape index (κ2) is 9.51. The van der Waals surface area contributed by atoms with E-state index in [4.69, 9.17) is 4.74 Å². The molecule has 3 heterocycles. The molecule has 6 nitrogen and oxygen atoms in total. The van der Waals surface area contributed by atoms with Crippen molar-refractivity contribution in [2.24, 2.45) is 0 Å². The molecule has 2 aliphatic rings. The maximum atomic E-state index is 13.2. The third-order valence-corrected chi connectivity index (χ3v) is 7.11. The standard InChI is InChI=1S/C22H25F8N5O/c1-3-34-16-4-5-17(20(34,2)9-15(16)19-31-33-35(32-19)10-18(23)24)36-11-12-6-13(21(25,26)27)8-14(7-12)22(28,29)30/h6-8,15-18H,3-5,9-11H2,1-2H3. The number of halogens is 8. The first-order valence-corrected chi connectivity index (χ1v) is 11.4. The number of likely N-dealkylation sites (N-methyl/N-ethyl adjacent to an activating group) is 1. The predicted octanol–water partition coefficient (Wildman–Crippen LogP) is 5.29. The smallest absolute Gasteiger partial charge is 0.372 e. The lowest BCUT2D eigenvalue weighted by molar-refractivity contribution is -0.143. The molecule has 4 atom stereocenters. The van der Waals surface area contributed by atoms with Gasteiger partial charge in [0.1, 0.15) is 6.54 Å². The zero-order chi connectivity index (χ0) is 26.5. The molecule has 2 aliphatic heterocycles. The fraction of sp³-hybridized carbons (Fsp3) is 0.682. The van der Waals surface area contributed by atoms with Gasteiger partial charge in [-0.3, -0.25) is 4.90 Å². The number of ether oxygens (including phenoxy) is 1. The lowest BCUT2D eigenvalue weighted by Gasteiger charge is -2.47. The van der Waals surface area contributed by atoms with Gasteiger partial charge < -0.3 is 4.74 Å². The van der Waals surface area contributed by atoms with Crippen LogP contribution in [0, 0.1) is 0 Å². The van der Waals surface area contributed by atoms with E-state index in [-0.39, 0.29) is 23.6 Å². The topological polar surface area (TPSA) is 56.1 Å². The Morgan fingerprint density at radius 2 is 1.69 bits per heavy atom. The molecule has 200 valence electrons. The number of piperidine rings is 1. The zero-order valence-corrected chi connectivity index (χ0v) is 19.5. The summed E-state index contributed by atoms with van der Waals surface area (Å²) in [7, 11) is 0. The molecule has 0 saturated carbocycles. The molecule has 4 unspecified atom stereocenters. The van der Waals surface area contributed by atoms with Gasteiger partial charge in [0.15, 0.2) is 5.82 Å². The Bertz CT molecular complexity index is 1040. The molecular formula is C22H25F8N5O. The minimum absolute atomic E-state index is 0.0190. The molecule has 0 radical (unpaired) electrons. The second-order valence-electron chi connectivity index (χ2n) is 9.41. The minimum Gasteiger partial charge on any atom is -0.372 e. The van der Waals surface area contributed by atoms with Crippen LogP contribution in [-0.4, -0.2) is 55.8 Å². The lowest BCUT2D eigenvalue weighted by atomic mass is 9.86. The monoisotopic (exact) mass is 527 g/mol. The quantitative estimate of drug-likeness (QED) is 0.458. The summed E-state index contributed by atoms with van der Waals surface area (Å²) in [6.45, 7) is 3.35. The number of alkyl halides is 8. The number of aromatic nitrogens is 4. The molecule has 2 fully saturated rings. The largest absolute Gasteiger partial charge is 0.416 e. The van der Waals surface area contributed by atoms with Crippen LogP contribution in [0.25, 0.3) is 0 Å². The van der Waals surface area contributed by atoms with Crippen molar-refractivity contribution >= 4 is 0 Å². The molecule has 2 bridgehead atoms. The van der Waals surface area contributed by atoms with Gasteiger partial charge in [-0.05, 0) is 61.7 Å². The third-order valence-electron chi connectivity index (χ3n) is 7.11. The van der Waals surface area contributed by atoms with Gasteiger partial charge in [0.05, 0.1) is 23.8 Å². The average molecular weight is 527 g/mol. The number of nitrogens with zero attached hydrogens (tertiary/aromatic N) is 5. The maximum Gasteiger partial charge on any atom is 0.416 e. The minimum atomic E-state index is -4.94. The molecule has 4 rings (SSSR count). The normalized spacial score (nSPS) is 27.2. The fourth-order valence-electron chi connectivity index (χ4n) is 5.63. The number of hydrogen-bond donors (Lipinski definition) is 0. The van der Waals surface area contributed by atoms with Gasteiger partial charge in [-0.15, -0.1) is 10.2 Å². The van der Waals surface area contributed by atoms with E-state index in [1.165, 1.54) is 0 Å². The van der Waals surface area contributed by atoms with E-state index in [9.17, 15) is 35.1 Å². The van der Waals surface area contributed by atoms with Crippen molar-refractivity contribution in [2.45, 2.75) is 88.6 Å². The van der Waals surface area contributed by atoms with Gasteiger partial charge in [-0.1, -0.05) is 6.92 Å². The number of rotatable bonds is 7. The van der Waals surface area contributed by atoms with Gasteiger partial charge in [0.25, 0.3) is 6.43 Å². The Morgan fingerprint density at radius 1 is 1.06 bits per heavy atom. The molecule has 0 aliphatic carbocycles. The molecule has 2 saturated heterocycles. The van der Waals surface area contributed by atoms with Gasteiger partial charge >= 0.3 is 12.4 Å². The van der Waals surface area contributed by atoms with E-state index < -0.39 is 54.7 Å². The van der Waals surface area contributed by atoms with Gasteiger partial charge in [-0.2, -0.15) is 31.1 Å². The van der Waals surface area contributed by atoms with E-state index in [1.54, 1.807) is 0 Å². The average Bonchev–Trinajstić information content (AvgIpc) is 3.30. The first kappa shape index (κ1) is 26.7. The van der Waals surface area contributed by atoms with Crippen LogP contribution in [0.4, 0.5) is 35.1 Å². The summed E-state index contributed by atoms with van der Waals surface area (Å²) in [6, 6.07) is 1.41. The van der Waals surface area contributed by atoms with Gasteiger partial charge in [0.2, 0.25) is 0 Å². The summed E-state index contributed by atoms with van der Waals surface area (Å²) in [5.41, 5.74) is -3.61. The second-order valence-corrected chi connectivity index (χ2v) is 9.41. The summed E-state index contributed by atoms with van der Waals surface area (Å²) in [4.78, 5) is 3.01. The number of fused-ring (bicyclic) bond motifs is 2. The van der Waals surface area contributed by atoms with Crippen molar-refractivity contribution in [3.63, 3.8) is 0 Å². The highest BCUT2D eigenvalue weighted by atomic mass is 19.4. The molecule has 0 amide bonds. The van der Waals surface area contributed by atoms with Crippen LogP contribution in [0.2, 0.25) is 0 Å².